The number of nitrogens with one attached hydrogen (secondary N) is 2. The van der Waals surface area contributed by atoms with E-state index < -0.39 is 12.3 Å². The van der Waals surface area contributed by atoms with Crippen LogP contribution in [0.2, 0.25) is 0 Å². The number of anilines is 1. The maximum absolute atomic E-state index is 12.9. The van der Waals surface area contributed by atoms with E-state index in [1.54, 1.807) is 22.9 Å². The summed E-state index contributed by atoms with van der Waals surface area (Å²) in [6.07, 6.45) is 2.27. The number of nitrogens with zero attached hydrogens (tertiary/aromatic N) is 2. The molecule has 3 unspecified atom stereocenters. The lowest BCUT2D eigenvalue weighted by Crippen LogP contribution is -2.32. The van der Waals surface area contributed by atoms with Crippen molar-refractivity contribution in [2.45, 2.75) is 31.7 Å². The summed E-state index contributed by atoms with van der Waals surface area (Å²) < 4.78 is 1.73. The molecule has 0 bridgehead atoms. The van der Waals surface area contributed by atoms with Crippen LogP contribution in [0.25, 0.3) is 5.65 Å². The summed E-state index contributed by atoms with van der Waals surface area (Å²) in [6.45, 7) is 1.89. The molecule has 0 spiro atoms. The first kappa shape index (κ1) is 20.4. The van der Waals surface area contributed by atoms with Gasteiger partial charge in [0.05, 0.1) is 18.3 Å². The molecular formula is C25H24N4O3. The Kier molecular flexibility index (Phi) is 5.22. The summed E-state index contributed by atoms with van der Waals surface area (Å²) in [5, 5.41) is 27.4. The van der Waals surface area contributed by atoms with Gasteiger partial charge in [0.15, 0.2) is 0 Å². The third-order valence-electron chi connectivity index (χ3n) is 6.02. The largest absolute Gasteiger partial charge is 0.391 e. The molecule has 162 valence electrons. The van der Waals surface area contributed by atoms with Gasteiger partial charge < -0.3 is 15.5 Å². The lowest BCUT2D eigenvalue weighted by atomic mass is 10.1. The number of aryl methyl sites for hydroxylation is 1. The van der Waals surface area contributed by atoms with Crippen molar-refractivity contribution in [3.63, 3.8) is 0 Å². The lowest BCUT2D eigenvalue weighted by molar-refractivity contribution is 0.0729. The van der Waals surface area contributed by atoms with Crippen LogP contribution in [0.4, 0.5) is 5.69 Å². The highest BCUT2D eigenvalue weighted by Gasteiger charge is 2.32. The third-order valence-corrected chi connectivity index (χ3v) is 6.02. The highest BCUT2D eigenvalue weighted by atomic mass is 16.3. The second-order valence-electron chi connectivity index (χ2n) is 8.12. The number of aromatic nitrogens is 2. The molecule has 7 heteroatoms. The average molecular weight is 428 g/mol. The summed E-state index contributed by atoms with van der Waals surface area (Å²) >= 11 is 0. The number of aliphatic hydroxyl groups excluding tert-OH is 2. The zero-order valence-corrected chi connectivity index (χ0v) is 17.6. The summed E-state index contributed by atoms with van der Waals surface area (Å²) in [5.74, 6) is -0.286. The number of benzene rings is 2. The molecule has 0 fully saturated rings. The first-order valence-electron chi connectivity index (χ1n) is 10.6. The van der Waals surface area contributed by atoms with E-state index in [9.17, 15) is 15.0 Å². The molecular weight excluding hydrogens is 404 g/mol. The number of hydrogen-bond donors (Lipinski definition) is 4. The van der Waals surface area contributed by atoms with E-state index in [2.05, 4.69) is 15.6 Å². The minimum atomic E-state index is -1.01. The molecule has 5 rings (SSSR count). The van der Waals surface area contributed by atoms with Gasteiger partial charge in [-0.1, -0.05) is 42.5 Å². The smallest absolute Gasteiger partial charge is 0.274 e. The van der Waals surface area contributed by atoms with E-state index in [0.717, 1.165) is 16.7 Å². The van der Waals surface area contributed by atoms with Gasteiger partial charge in [0.1, 0.15) is 17.6 Å². The molecule has 0 saturated carbocycles. The molecule has 0 radical (unpaired) electrons. The molecule has 3 atom stereocenters. The first-order chi connectivity index (χ1) is 15.5. The number of carbonyl (C=O) groups is 1. The maximum atomic E-state index is 12.9. The average Bonchev–Trinajstić information content (AvgIpc) is 3.36. The van der Waals surface area contributed by atoms with Gasteiger partial charge in [-0.25, -0.2) is 4.98 Å². The van der Waals surface area contributed by atoms with E-state index in [0.29, 0.717) is 29.0 Å². The topological polar surface area (TPSA) is 98.9 Å². The maximum Gasteiger partial charge on any atom is 0.274 e. The molecule has 1 amide bonds. The Morgan fingerprint density at radius 3 is 2.84 bits per heavy atom. The second-order valence-corrected chi connectivity index (χ2v) is 8.12. The quantitative estimate of drug-likeness (QED) is 0.366. The molecule has 4 aromatic rings. The number of fused-ring (bicyclic) bond motifs is 2. The summed E-state index contributed by atoms with van der Waals surface area (Å²) in [4.78, 5) is 17.2. The van der Waals surface area contributed by atoms with Gasteiger partial charge in [-0.3, -0.25) is 14.5 Å². The Bertz CT molecular complexity index is 1300. The van der Waals surface area contributed by atoms with Crippen molar-refractivity contribution in [3.05, 3.63) is 101 Å². The summed E-state index contributed by atoms with van der Waals surface area (Å²) in [6, 6.07) is 18.4. The van der Waals surface area contributed by atoms with Crippen LogP contribution in [0.3, 0.4) is 0 Å². The second kappa shape index (κ2) is 8.20. The van der Waals surface area contributed by atoms with Crippen LogP contribution < -0.4 is 10.6 Å². The van der Waals surface area contributed by atoms with Gasteiger partial charge in [0.25, 0.3) is 5.91 Å². The Morgan fingerprint density at radius 1 is 1.16 bits per heavy atom. The summed E-state index contributed by atoms with van der Waals surface area (Å²) in [7, 11) is 0. The Labute approximate surface area is 185 Å². The molecule has 0 aliphatic heterocycles. The van der Waals surface area contributed by atoms with Crippen molar-refractivity contribution < 1.29 is 15.0 Å². The SMILES string of the molecule is Cc1ccc(C(O)NC2c3ccccc3CC2O)cc1NC(=O)c1cnc2ccccn12. The first-order valence-corrected chi connectivity index (χ1v) is 10.6. The van der Waals surface area contributed by atoms with Gasteiger partial charge in [-0.15, -0.1) is 0 Å². The van der Waals surface area contributed by atoms with E-state index in [-0.39, 0.29) is 11.9 Å². The molecule has 2 aromatic carbocycles. The lowest BCUT2D eigenvalue weighted by Gasteiger charge is -2.23. The third kappa shape index (κ3) is 3.67. The molecule has 0 saturated heterocycles. The van der Waals surface area contributed by atoms with Crippen molar-refractivity contribution in [2.24, 2.45) is 0 Å². The molecule has 1 aliphatic rings. The van der Waals surface area contributed by atoms with Crippen LogP contribution in [-0.2, 0) is 6.42 Å². The van der Waals surface area contributed by atoms with Crippen molar-refractivity contribution in [3.8, 4) is 0 Å². The van der Waals surface area contributed by atoms with E-state index in [1.165, 1.54) is 0 Å². The standard InChI is InChI=1S/C25H24N4O3/c1-15-9-10-17(24(31)28-23-18-7-3-2-6-16(18)13-21(23)30)12-19(15)27-25(32)20-14-26-22-8-4-5-11-29(20)22/h2-12,14,21,23-24,28,30-31H,13H2,1H3,(H,27,32). The van der Waals surface area contributed by atoms with Crippen LogP contribution in [0, 0.1) is 6.92 Å². The highest BCUT2D eigenvalue weighted by molar-refractivity contribution is 6.03. The van der Waals surface area contributed by atoms with Crippen LogP contribution in [0.15, 0.2) is 73.1 Å². The summed E-state index contributed by atoms with van der Waals surface area (Å²) in [5.41, 5.74) is 5.26. The molecule has 2 heterocycles. The van der Waals surface area contributed by atoms with Gasteiger partial charge >= 0.3 is 0 Å². The fourth-order valence-electron chi connectivity index (χ4n) is 4.27. The number of amides is 1. The van der Waals surface area contributed by atoms with Crippen molar-refractivity contribution in [2.75, 3.05) is 5.32 Å². The minimum Gasteiger partial charge on any atom is -0.391 e. The van der Waals surface area contributed by atoms with E-state index in [4.69, 9.17) is 0 Å². The normalized spacial score (nSPS) is 18.5. The number of carbonyl (C=O) groups excluding carboxylic acids is 1. The van der Waals surface area contributed by atoms with E-state index in [1.807, 2.05) is 61.5 Å². The van der Waals surface area contributed by atoms with Gasteiger partial charge in [-0.2, -0.15) is 0 Å². The molecule has 32 heavy (non-hydrogen) atoms. The van der Waals surface area contributed by atoms with Gasteiger partial charge in [0.2, 0.25) is 0 Å². The van der Waals surface area contributed by atoms with Crippen LogP contribution in [0.5, 0.6) is 0 Å². The molecule has 2 aromatic heterocycles. The predicted octanol–water partition coefficient (Wildman–Crippen LogP) is 3.13. The van der Waals surface area contributed by atoms with E-state index >= 15 is 0 Å². The monoisotopic (exact) mass is 428 g/mol. The van der Waals surface area contributed by atoms with Crippen LogP contribution in [-0.4, -0.2) is 31.6 Å². The molecule has 4 N–H and O–H groups in total. The Balaban J connectivity index is 1.36. The zero-order chi connectivity index (χ0) is 22.2. The minimum absolute atomic E-state index is 0.286. The number of aliphatic hydroxyl groups is 2. The number of imidazole rings is 1. The number of rotatable bonds is 5. The zero-order valence-electron chi connectivity index (χ0n) is 17.6. The Morgan fingerprint density at radius 2 is 1.97 bits per heavy atom. The van der Waals surface area contributed by atoms with Gasteiger partial charge in [0, 0.05) is 18.3 Å². The number of pyridine rings is 1. The van der Waals surface area contributed by atoms with Crippen molar-refractivity contribution >= 4 is 17.2 Å². The fraction of sp³-hybridized carbons (Fsp3) is 0.200. The van der Waals surface area contributed by atoms with Crippen molar-refractivity contribution in [1.82, 2.24) is 14.7 Å². The predicted molar refractivity (Wildman–Crippen MR) is 121 cm³/mol. The highest BCUT2D eigenvalue weighted by Crippen LogP contribution is 2.33. The number of hydrogen-bond acceptors (Lipinski definition) is 5. The van der Waals surface area contributed by atoms with Gasteiger partial charge in [-0.05, 0) is 47.4 Å². The van der Waals surface area contributed by atoms with Crippen LogP contribution in [0.1, 0.15) is 45.0 Å². The van der Waals surface area contributed by atoms with Crippen molar-refractivity contribution in [1.29, 1.82) is 0 Å². The van der Waals surface area contributed by atoms with Crippen LogP contribution >= 0.6 is 0 Å². The Hall–Kier alpha value is -3.52. The molecule has 7 nitrogen and oxygen atoms in total. The molecule has 1 aliphatic carbocycles. The fourth-order valence-corrected chi connectivity index (χ4v) is 4.27.